The van der Waals surface area contributed by atoms with E-state index in [-0.39, 0.29) is 17.7 Å². The largest absolute Gasteiger partial charge is 0.406 e. The van der Waals surface area contributed by atoms with Gasteiger partial charge in [0, 0.05) is 6.04 Å². The van der Waals surface area contributed by atoms with Crippen molar-refractivity contribution in [1.82, 2.24) is 21.1 Å². The summed E-state index contributed by atoms with van der Waals surface area (Å²) in [5, 5.41) is 14.8. The Labute approximate surface area is 158 Å². The monoisotopic (exact) mass is 456 g/mol. The number of aliphatic hydroxyl groups is 1. The predicted octanol–water partition coefficient (Wildman–Crippen LogP) is 3.09. The minimum absolute atomic E-state index is 0.0213. The van der Waals surface area contributed by atoms with Crippen LogP contribution in [0.4, 0.5) is 32.6 Å². The summed E-state index contributed by atoms with van der Waals surface area (Å²) in [4.78, 5) is 9.86. The molecule has 2 fully saturated rings. The number of rotatable bonds is 3. The van der Waals surface area contributed by atoms with Gasteiger partial charge in [0.15, 0.2) is 6.35 Å². The zero-order valence-electron chi connectivity index (χ0n) is 14.4. The average Bonchev–Trinajstić information content (AvgIpc) is 2.92. The van der Waals surface area contributed by atoms with Crippen LogP contribution >= 0.6 is 10.2 Å². The van der Waals surface area contributed by atoms with E-state index in [2.05, 4.69) is 10.7 Å². The van der Waals surface area contributed by atoms with Gasteiger partial charge in [-0.1, -0.05) is 31.6 Å². The minimum atomic E-state index is -9.89. The molecule has 4 N–H and O–H groups in total. The maximum Gasteiger partial charge on any atom is 0.406 e. The molecule has 0 aliphatic carbocycles. The molecule has 2 aliphatic heterocycles. The third kappa shape index (κ3) is 4.28. The third-order valence-corrected chi connectivity index (χ3v) is 5.94. The third-order valence-electron chi connectivity index (χ3n) is 4.78. The Kier molecular flexibility index (Phi) is 4.51. The van der Waals surface area contributed by atoms with E-state index in [1.54, 1.807) is 0 Å². The lowest BCUT2D eigenvalue weighted by Crippen LogP contribution is -2.65. The summed E-state index contributed by atoms with van der Waals surface area (Å²) in [6.07, 6.45) is -7.87. The lowest BCUT2D eigenvalue weighted by molar-refractivity contribution is -0.172. The van der Waals surface area contributed by atoms with Crippen molar-refractivity contribution in [3.63, 3.8) is 0 Å². The summed E-state index contributed by atoms with van der Waals surface area (Å²) in [6, 6.07) is -1.67. The molecule has 0 saturated carbocycles. The van der Waals surface area contributed by atoms with Crippen LogP contribution in [0.25, 0.3) is 0 Å². The first-order valence-electron chi connectivity index (χ1n) is 8.08. The normalized spacial score (nSPS) is 32.1. The quantitative estimate of drug-likeness (QED) is 0.526. The highest BCUT2D eigenvalue weighted by atomic mass is 32.5. The van der Waals surface area contributed by atoms with Crippen LogP contribution < -0.4 is 16.1 Å². The number of carbonyl (C=O) groups excluding carboxylic acids is 1. The Morgan fingerprint density at radius 3 is 2.14 bits per heavy atom. The second-order valence-electron chi connectivity index (χ2n) is 6.82. The van der Waals surface area contributed by atoms with E-state index >= 15 is 0 Å². The molecule has 166 valence electrons. The van der Waals surface area contributed by atoms with Crippen molar-refractivity contribution < 1.29 is 42.5 Å². The highest BCUT2D eigenvalue weighted by Gasteiger charge is 2.65. The Balaban J connectivity index is 1.92. The number of benzene rings is 1. The molecular weight excluding hydrogens is 440 g/mol. The highest BCUT2D eigenvalue weighted by molar-refractivity contribution is 8.45. The number of fused-ring (bicyclic) bond motifs is 1. The van der Waals surface area contributed by atoms with Gasteiger partial charge >= 0.3 is 16.4 Å². The molecule has 1 aromatic rings. The molecule has 6 nitrogen and oxygen atoms in total. The van der Waals surface area contributed by atoms with Crippen molar-refractivity contribution in [2.24, 2.45) is 5.92 Å². The molecule has 2 aliphatic rings. The zero-order chi connectivity index (χ0) is 22.1. The Bertz CT molecular complexity index is 816. The number of alkyl halides is 3. The van der Waals surface area contributed by atoms with Gasteiger partial charge in [0.1, 0.15) is 10.9 Å². The number of hydrazine groups is 1. The molecule has 1 aromatic carbocycles. The van der Waals surface area contributed by atoms with E-state index < -0.39 is 57.7 Å². The van der Waals surface area contributed by atoms with E-state index in [4.69, 9.17) is 0 Å². The van der Waals surface area contributed by atoms with Gasteiger partial charge in [0.2, 0.25) is 5.91 Å². The van der Waals surface area contributed by atoms with E-state index in [1.165, 1.54) is 6.92 Å². The number of nitrogens with zero attached hydrogens (tertiary/aromatic N) is 1. The first-order valence-corrected chi connectivity index (χ1v) is 10.0. The minimum Gasteiger partial charge on any atom is -0.361 e. The van der Waals surface area contributed by atoms with Gasteiger partial charge in [-0.2, -0.15) is 13.2 Å². The first kappa shape index (κ1) is 22.0. The van der Waals surface area contributed by atoms with Crippen molar-refractivity contribution in [3.8, 4) is 0 Å². The number of nitrogens with one attached hydrogen (secondary N) is 3. The van der Waals surface area contributed by atoms with Crippen LogP contribution in [0.2, 0.25) is 0 Å². The van der Waals surface area contributed by atoms with Crippen molar-refractivity contribution in [1.29, 1.82) is 0 Å². The van der Waals surface area contributed by atoms with E-state index in [0.717, 1.165) is 17.1 Å². The van der Waals surface area contributed by atoms with Crippen LogP contribution in [0.15, 0.2) is 29.2 Å². The van der Waals surface area contributed by atoms with Crippen LogP contribution in [-0.2, 0) is 4.79 Å². The van der Waals surface area contributed by atoms with E-state index in [9.17, 15) is 42.5 Å². The maximum atomic E-state index is 13.3. The zero-order valence-corrected chi connectivity index (χ0v) is 15.2. The Hall–Kier alpha value is -1.68. The van der Waals surface area contributed by atoms with Gasteiger partial charge in [0.25, 0.3) is 0 Å². The van der Waals surface area contributed by atoms with Crippen molar-refractivity contribution >= 4 is 16.1 Å². The maximum absolute atomic E-state index is 13.3. The smallest absolute Gasteiger partial charge is 0.361 e. The molecule has 3 rings (SSSR count). The number of hydrogen-bond donors (Lipinski definition) is 4. The van der Waals surface area contributed by atoms with Crippen LogP contribution in [-0.4, -0.2) is 40.8 Å². The van der Waals surface area contributed by atoms with E-state index in [1.807, 2.05) is 5.32 Å². The van der Waals surface area contributed by atoms with Gasteiger partial charge in [-0.15, -0.1) is 0 Å². The van der Waals surface area contributed by atoms with Gasteiger partial charge in [-0.3, -0.25) is 10.1 Å². The molecule has 29 heavy (non-hydrogen) atoms. The standard InChI is InChI=1S/C14H16F8N4O2S/c1-6(7-2-4-8(5-3-7)29(18,19,20,21)22)26-11-9(10(25-26)14(15,16)17)12(27)24-13(28)23-11/h2-6,9-11,13,23,25,28H,1H3,(H,24,27). The van der Waals surface area contributed by atoms with Gasteiger partial charge in [0.05, 0.1) is 12.1 Å². The molecule has 2 heterocycles. The average molecular weight is 456 g/mol. The van der Waals surface area contributed by atoms with Gasteiger partial charge in [-0.05, 0) is 24.6 Å². The molecule has 1 amide bonds. The lowest BCUT2D eigenvalue weighted by atomic mass is 9.95. The number of hydrogen-bond acceptors (Lipinski definition) is 5. The number of aliphatic hydroxyl groups excluding tert-OH is 1. The molecule has 5 unspecified atom stereocenters. The van der Waals surface area contributed by atoms with Crippen molar-refractivity contribution in [2.75, 3.05) is 0 Å². The SMILES string of the molecule is CC(c1ccc(S(F)(F)(F)(F)F)cc1)N1NC(C(F)(F)F)C2C(=O)NC(O)NC21. The topological polar surface area (TPSA) is 76.6 Å². The number of carbonyl (C=O) groups is 1. The highest BCUT2D eigenvalue weighted by Crippen LogP contribution is 3.02. The van der Waals surface area contributed by atoms with Crippen LogP contribution in [0.5, 0.6) is 0 Å². The Morgan fingerprint density at radius 1 is 1.10 bits per heavy atom. The predicted molar refractivity (Wildman–Crippen MR) is 85.6 cm³/mol. The molecular formula is C14H16F8N4O2S. The van der Waals surface area contributed by atoms with Crippen molar-refractivity contribution in [2.45, 2.75) is 42.6 Å². The number of amides is 1. The van der Waals surface area contributed by atoms with Crippen LogP contribution in [0.3, 0.4) is 0 Å². The fraction of sp³-hybridized carbons (Fsp3) is 0.500. The molecule has 0 aromatic heterocycles. The first-order chi connectivity index (χ1) is 12.9. The molecule has 0 bridgehead atoms. The summed E-state index contributed by atoms with van der Waals surface area (Å²) in [5.74, 6) is -2.79. The van der Waals surface area contributed by atoms with Crippen LogP contribution in [0.1, 0.15) is 18.5 Å². The summed E-state index contributed by atoms with van der Waals surface area (Å²) in [7, 11) is -9.89. The molecule has 5 atom stereocenters. The second kappa shape index (κ2) is 5.94. The summed E-state index contributed by atoms with van der Waals surface area (Å²) in [5.41, 5.74) is 2.07. The van der Waals surface area contributed by atoms with Gasteiger partial charge in [-0.25, -0.2) is 10.4 Å². The fourth-order valence-electron chi connectivity index (χ4n) is 3.38. The van der Waals surface area contributed by atoms with Gasteiger partial charge < -0.3 is 10.4 Å². The van der Waals surface area contributed by atoms with Crippen LogP contribution in [0, 0.1) is 5.92 Å². The molecule has 15 heteroatoms. The second-order valence-corrected chi connectivity index (χ2v) is 9.23. The summed E-state index contributed by atoms with van der Waals surface area (Å²) < 4.78 is 104. The molecule has 2 saturated heterocycles. The van der Waals surface area contributed by atoms with Crippen molar-refractivity contribution in [3.05, 3.63) is 29.8 Å². The summed E-state index contributed by atoms with van der Waals surface area (Å²) in [6.45, 7) is 1.30. The lowest BCUT2D eigenvalue weighted by Gasteiger charge is -2.41. The molecule has 0 spiro atoms. The number of halogens is 8. The fourth-order valence-corrected chi connectivity index (χ4v) is 4.03. The van der Waals surface area contributed by atoms with E-state index in [0.29, 0.717) is 0 Å². The molecule has 0 radical (unpaired) electrons. The Morgan fingerprint density at radius 2 is 1.66 bits per heavy atom. The summed E-state index contributed by atoms with van der Waals surface area (Å²) >= 11 is 0.